The summed E-state index contributed by atoms with van der Waals surface area (Å²) in [5, 5.41) is 3.50. The smallest absolute Gasteiger partial charge is 0.264 e. The van der Waals surface area contributed by atoms with E-state index in [1.807, 2.05) is 58.0 Å². The van der Waals surface area contributed by atoms with Crippen molar-refractivity contribution in [2.24, 2.45) is 0 Å². The van der Waals surface area contributed by atoms with Crippen LogP contribution in [-0.2, 0) is 32.6 Å². The van der Waals surface area contributed by atoms with Crippen LogP contribution in [0.5, 0.6) is 5.75 Å². The average Bonchev–Trinajstić information content (AvgIpc) is 3.03. The molecular weight excluding hydrogens is 641 g/mol. The van der Waals surface area contributed by atoms with Crippen LogP contribution < -0.4 is 14.4 Å². The van der Waals surface area contributed by atoms with Crippen LogP contribution in [-0.4, -0.2) is 49.9 Å². The Kier molecular flexibility index (Phi) is 11.7. The van der Waals surface area contributed by atoms with Crippen molar-refractivity contribution >= 4 is 39.1 Å². The zero-order chi connectivity index (χ0) is 34.2. The maximum Gasteiger partial charge on any atom is 0.264 e. The number of anilines is 1. The third-order valence-corrected chi connectivity index (χ3v) is 9.19. The van der Waals surface area contributed by atoms with Crippen molar-refractivity contribution < 1.29 is 27.1 Å². The highest BCUT2D eigenvalue weighted by Gasteiger charge is 2.35. The minimum atomic E-state index is -4.35. The van der Waals surface area contributed by atoms with Gasteiger partial charge in [-0.25, -0.2) is 12.8 Å². The molecule has 0 spiro atoms. The van der Waals surface area contributed by atoms with E-state index in [-0.39, 0.29) is 23.5 Å². The Hall–Kier alpha value is -4.41. The molecule has 4 aromatic rings. The van der Waals surface area contributed by atoms with Crippen molar-refractivity contribution in [3.63, 3.8) is 0 Å². The molecule has 0 aliphatic heterocycles. The molecule has 0 aliphatic rings. The van der Waals surface area contributed by atoms with Gasteiger partial charge in [0.15, 0.2) is 0 Å². The van der Waals surface area contributed by atoms with Gasteiger partial charge < -0.3 is 15.0 Å². The maximum atomic E-state index is 14.5. The number of ether oxygens (including phenoxy) is 1. The van der Waals surface area contributed by atoms with E-state index in [1.165, 1.54) is 41.3 Å². The van der Waals surface area contributed by atoms with Crippen LogP contribution in [0, 0.1) is 5.82 Å². The molecule has 0 aliphatic carbocycles. The van der Waals surface area contributed by atoms with Gasteiger partial charge in [0, 0.05) is 23.5 Å². The molecule has 0 radical (unpaired) electrons. The first-order valence-electron chi connectivity index (χ1n) is 15.2. The van der Waals surface area contributed by atoms with E-state index < -0.39 is 45.8 Å². The lowest BCUT2D eigenvalue weighted by Gasteiger charge is -2.35. The monoisotopic (exact) mass is 679 g/mol. The third-order valence-electron chi connectivity index (χ3n) is 7.15. The van der Waals surface area contributed by atoms with Crippen molar-refractivity contribution in [1.82, 2.24) is 10.2 Å². The molecule has 4 aromatic carbocycles. The molecular formula is C36H39ClFN3O5S. The number of carbonyl (C=O) groups is 2. The molecule has 0 bridgehead atoms. The zero-order valence-corrected chi connectivity index (χ0v) is 28.4. The van der Waals surface area contributed by atoms with E-state index in [2.05, 4.69) is 5.32 Å². The summed E-state index contributed by atoms with van der Waals surface area (Å²) in [5.41, 5.74) is 0.969. The first-order chi connectivity index (χ1) is 22.3. The van der Waals surface area contributed by atoms with Gasteiger partial charge in [-0.3, -0.25) is 13.9 Å². The van der Waals surface area contributed by atoms with Crippen LogP contribution in [0.1, 0.15) is 38.8 Å². The molecule has 0 unspecified atom stereocenters. The molecule has 47 heavy (non-hydrogen) atoms. The van der Waals surface area contributed by atoms with E-state index >= 15 is 0 Å². The molecule has 11 heteroatoms. The fourth-order valence-electron chi connectivity index (χ4n) is 4.93. The van der Waals surface area contributed by atoms with Gasteiger partial charge in [-0.05, 0) is 99.5 Å². The predicted molar refractivity (Wildman–Crippen MR) is 182 cm³/mol. The number of hydrogen-bond donors (Lipinski definition) is 1. The van der Waals surface area contributed by atoms with E-state index in [4.69, 9.17) is 16.3 Å². The Labute approximate surface area is 281 Å². The summed E-state index contributed by atoms with van der Waals surface area (Å²) in [7, 11) is -4.35. The number of hydrogen-bond acceptors (Lipinski definition) is 5. The number of halogens is 2. The summed E-state index contributed by atoms with van der Waals surface area (Å²) < 4.78 is 48.7. The number of rotatable bonds is 13. The maximum absolute atomic E-state index is 14.5. The summed E-state index contributed by atoms with van der Waals surface area (Å²) in [6, 6.07) is 25.8. The van der Waals surface area contributed by atoms with Gasteiger partial charge in [-0.1, -0.05) is 54.1 Å². The van der Waals surface area contributed by atoms with E-state index in [9.17, 15) is 22.4 Å². The predicted octanol–water partition coefficient (Wildman–Crippen LogP) is 6.63. The first kappa shape index (κ1) is 35.4. The van der Waals surface area contributed by atoms with E-state index in [0.717, 1.165) is 22.0 Å². The SMILES string of the molecule is CCOc1ccc(S(=O)(=O)N(CC(=O)N(Cc2ccc(Cl)cc2)[C@H](Cc2ccccc2)C(=O)NC(C)(C)C)c2ccc(F)cc2)cc1. The highest BCUT2D eigenvalue weighted by Crippen LogP contribution is 2.27. The number of nitrogens with zero attached hydrogens (tertiary/aromatic N) is 2. The fraction of sp³-hybridized carbons (Fsp3) is 0.278. The van der Waals surface area contributed by atoms with Crippen molar-refractivity contribution in [2.75, 3.05) is 17.5 Å². The van der Waals surface area contributed by atoms with Crippen LogP contribution in [0.15, 0.2) is 108 Å². The Balaban J connectivity index is 1.80. The van der Waals surface area contributed by atoms with E-state index in [1.54, 1.807) is 24.3 Å². The lowest BCUT2D eigenvalue weighted by Crippen LogP contribution is -2.56. The second-order valence-corrected chi connectivity index (χ2v) is 14.3. The van der Waals surface area contributed by atoms with Crippen molar-refractivity contribution in [1.29, 1.82) is 0 Å². The van der Waals surface area contributed by atoms with Crippen molar-refractivity contribution in [3.05, 3.63) is 125 Å². The van der Waals surface area contributed by atoms with Gasteiger partial charge in [0.05, 0.1) is 17.2 Å². The number of sulfonamides is 1. The number of carbonyl (C=O) groups excluding carboxylic acids is 2. The second kappa shape index (κ2) is 15.5. The topological polar surface area (TPSA) is 96.0 Å². The van der Waals surface area contributed by atoms with Crippen LogP contribution in [0.3, 0.4) is 0 Å². The molecule has 2 amide bonds. The number of amides is 2. The minimum Gasteiger partial charge on any atom is -0.494 e. The fourth-order valence-corrected chi connectivity index (χ4v) is 6.47. The Morgan fingerprint density at radius 1 is 0.872 bits per heavy atom. The lowest BCUT2D eigenvalue weighted by molar-refractivity contribution is -0.140. The molecule has 0 aromatic heterocycles. The lowest BCUT2D eigenvalue weighted by atomic mass is 10.0. The molecule has 8 nitrogen and oxygen atoms in total. The van der Waals surface area contributed by atoms with Crippen molar-refractivity contribution in [3.8, 4) is 5.75 Å². The highest BCUT2D eigenvalue weighted by molar-refractivity contribution is 7.92. The van der Waals surface area contributed by atoms with Crippen molar-refractivity contribution in [2.45, 2.75) is 57.1 Å². The minimum absolute atomic E-state index is 0.00851. The second-order valence-electron chi connectivity index (χ2n) is 12.0. The number of nitrogens with one attached hydrogen (secondary N) is 1. The van der Waals surface area contributed by atoms with Gasteiger partial charge in [0.2, 0.25) is 11.8 Å². The summed E-state index contributed by atoms with van der Waals surface area (Å²) in [5.74, 6) is -1.11. The summed E-state index contributed by atoms with van der Waals surface area (Å²) in [6.07, 6.45) is 0.171. The van der Waals surface area contributed by atoms with Gasteiger partial charge in [-0.2, -0.15) is 0 Å². The summed E-state index contributed by atoms with van der Waals surface area (Å²) in [6.45, 7) is 7.07. The van der Waals surface area contributed by atoms with Gasteiger partial charge in [0.1, 0.15) is 24.2 Å². The Morgan fingerprint density at radius 2 is 1.49 bits per heavy atom. The van der Waals surface area contributed by atoms with Crippen LogP contribution in [0.25, 0.3) is 0 Å². The zero-order valence-electron chi connectivity index (χ0n) is 26.8. The van der Waals surface area contributed by atoms with Crippen LogP contribution in [0.2, 0.25) is 5.02 Å². The molecule has 1 atom stereocenters. The average molecular weight is 680 g/mol. The first-order valence-corrected chi connectivity index (χ1v) is 17.0. The quantitative estimate of drug-likeness (QED) is 0.171. The molecule has 0 heterocycles. The Morgan fingerprint density at radius 3 is 2.06 bits per heavy atom. The largest absolute Gasteiger partial charge is 0.494 e. The van der Waals surface area contributed by atoms with Crippen LogP contribution in [0.4, 0.5) is 10.1 Å². The molecule has 0 saturated heterocycles. The normalized spacial score (nSPS) is 12.2. The summed E-state index contributed by atoms with van der Waals surface area (Å²) >= 11 is 6.13. The van der Waals surface area contributed by atoms with E-state index in [0.29, 0.717) is 22.9 Å². The molecule has 0 fully saturated rings. The Bertz CT molecular complexity index is 1750. The third kappa shape index (κ3) is 9.79. The number of benzene rings is 4. The highest BCUT2D eigenvalue weighted by atomic mass is 35.5. The van der Waals surface area contributed by atoms with Gasteiger partial charge in [0.25, 0.3) is 10.0 Å². The molecule has 1 N–H and O–H groups in total. The molecule has 4 rings (SSSR count). The molecule has 0 saturated carbocycles. The van der Waals surface area contributed by atoms with Gasteiger partial charge in [-0.15, -0.1) is 0 Å². The van der Waals surface area contributed by atoms with Crippen LogP contribution >= 0.6 is 11.6 Å². The van der Waals surface area contributed by atoms with Gasteiger partial charge >= 0.3 is 0 Å². The molecule has 248 valence electrons. The summed E-state index contributed by atoms with van der Waals surface area (Å²) in [4.78, 5) is 29.7. The standard InChI is InChI=1S/C36H39ClFN3O5S/c1-5-46-31-19-21-32(22-20-31)47(44,45)41(30-17-15-29(38)16-18-30)25-34(42)40(24-27-11-13-28(37)14-12-27)33(35(43)39-36(2,3)4)23-26-9-7-6-8-10-26/h6-22,33H,5,23-25H2,1-4H3,(H,39,43)/t33-/m1/s1.